The van der Waals surface area contributed by atoms with E-state index in [9.17, 15) is 31.3 Å². The van der Waals surface area contributed by atoms with Gasteiger partial charge in [0.2, 0.25) is 0 Å². The van der Waals surface area contributed by atoms with Crippen molar-refractivity contribution in [2.24, 2.45) is 5.73 Å². The molecule has 3 heterocycles. The second-order valence-corrected chi connectivity index (χ2v) is 9.23. The predicted octanol–water partition coefficient (Wildman–Crippen LogP) is 2.63. The number of phosphoric acid groups is 1. The van der Waals surface area contributed by atoms with Crippen LogP contribution in [0.5, 0.6) is 0 Å². The second-order valence-electron chi connectivity index (χ2n) is 8.06. The topological polar surface area (TPSA) is 192 Å². The molecule has 0 bridgehead atoms. The molecule has 5 N–H and O–H groups in total. The summed E-state index contributed by atoms with van der Waals surface area (Å²) in [6, 6.07) is 8.67. The summed E-state index contributed by atoms with van der Waals surface area (Å²) in [6.07, 6.45) is -3.91. The molecule has 0 saturated carbocycles. The first-order valence-electron chi connectivity index (χ1n) is 10.8. The zero-order chi connectivity index (χ0) is 29.3. The molecule has 1 unspecified atom stereocenters. The molecule has 1 amide bonds. The molecule has 4 rings (SSSR count). The number of aromatic nitrogens is 5. The van der Waals surface area contributed by atoms with Gasteiger partial charge in [-0.15, -0.1) is 0 Å². The number of rotatable bonds is 10. The smallest absolute Gasteiger partial charge is 0.367 e. The van der Waals surface area contributed by atoms with Crippen LogP contribution >= 0.6 is 7.82 Å². The van der Waals surface area contributed by atoms with E-state index >= 15 is 0 Å². The molecule has 0 saturated heterocycles. The molecule has 212 valence electrons. The van der Waals surface area contributed by atoms with Gasteiger partial charge in [-0.25, -0.2) is 23.3 Å². The minimum absolute atomic E-state index is 0.0548. The van der Waals surface area contributed by atoms with Crippen LogP contribution in [-0.4, -0.2) is 58.9 Å². The molecular weight excluding hydrogens is 572 g/mol. The molecule has 0 aliphatic heterocycles. The van der Waals surface area contributed by atoms with Crippen molar-refractivity contribution < 1.29 is 50.1 Å². The lowest BCUT2D eigenvalue weighted by Crippen LogP contribution is -2.61. The van der Waals surface area contributed by atoms with Gasteiger partial charge in [0.05, 0.1) is 25.0 Å². The van der Waals surface area contributed by atoms with Crippen molar-refractivity contribution in [2.45, 2.75) is 18.3 Å². The van der Waals surface area contributed by atoms with E-state index in [0.29, 0.717) is 6.20 Å². The van der Waals surface area contributed by atoms with Gasteiger partial charge in [0.25, 0.3) is 11.5 Å². The summed E-state index contributed by atoms with van der Waals surface area (Å²) in [6.45, 7) is -1.87. The quantitative estimate of drug-likeness (QED) is 0.157. The van der Waals surface area contributed by atoms with Gasteiger partial charge < -0.3 is 25.4 Å². The van der Waals surface area contributed by atoms with Gasteiger partial charge in [-0.05, 0) is 12.1 Å². The molecule has 40 heavy (non-hydrogen) atoms. The van der Waals surface area contributed by atoms with Crippen LogP contribution in [0.15, 0.2) is 53.4 Å². The van der Waals surface area contributed by atoms with E-state index in [4.69, 9.17) is 20.0 Å². The van der Waals surface area contributed by atoms with Gasteiger partial charge in [0.15, 0.2) is 17.5 Å². The highest BCUT2D eigenvalue weighted by Crippen LogP contribution is 2.47. The molecule has 0 aliphatic rings. The van der Waals surface area contributed by atoms with E-state index in [1.165, 1.54) is 41.3 Å². The van der Waals surface area contributed by atoms with Crippen LogP contribution in [0.25, 0.3) is 22.9 Å². The molecule has 3 aromatic heterocycles. The van der Waals surface area contributed by atoms with Crippen molar-refractivity contribution in [3.05, 3.63) is 66.1 Å². The number of anilines is 1. The van der Waals surface area contributed by atoms with Gasteiger partial charge in [-0.2, -0.15) is 18.3 Å². The average molecular weight is 589 g/mol. The van der Waals surface area contributed by atoms with Crippen LogP contribution in [0.1, 0.15) is 5.56 Å². The summed E-state index contributed by atoms with van der Waals surface area (Å²) >= 11 is 0. The zero-order valence-corrected chi connectivity index (χ0v) is 20.6. The summed E-state index contributed by atoms with van der Waals surface area (Å²) < 4.78 is 90.9. The van der Waals surface area contributed by atoms with Crippen LogP contribution in [0.3, 0.4) is 0 Å². The highest BCUT2D eigenvalue weighted by Gasteiger charge is 2.64. The van der Waals surface area contributed by atoms with Crippen LogP contribution < -0.4 is 11.1 Å². The Bertz CT molecular complexity index is 1580. The molecule has 0 radical (unpaired) electrons. The Morgan fingerprint density at radius 2 is 1.88 bits per heavy atom. The second kappa shape index (κ2) is 10.7. The Labute approximate surface area is 220 Å². The lowest BCUT2D eigenvalue weighted by molar-refractivity contribution is -0.239. The first-order valence-corrected chi connectivity index (χ1v) is 12.3. The number of nitrogens with zero attached hydrogens (tertiary/aromatic N) is 5. The van der Waals surface area contributed by atoms with Crippen molar-refractivity contribution in [1.82, 2.24) is 24.9 Å². The number of carbonyl (C=O) groups is 1. The number of hydrogen-bond acceptors (Lipinski definition) is 9. The largest absolute Gasteiger partial charge is 0.471 e. The number of hydrogen-bond donors (Lipinski definition) is 4. The molecular formula is C21H17F5N7O6P. The number of benzene rings is 1. The summed E-state index contributed by atoms with van der Waals surface area (Å²) in [7, 11) is -5.93. The molecule has 1 aromatic carbocycles. The van der Waals surface area contributed by atoms with E-state index < -0.39 is 49.5 Å². The lowest BCUT2D eigenvalue weighted by Gasteiger charge is -2.32. The summed E-state index contributed by atoms with van der Waals surface area (Å²) in [4.78, 5) is 37.1. The number of alkyl halides is 3. The predicted molar refractivity (Wildman–Crippen MR) is 124 cm³/mol. The Hall–Kier alpha value is -4.25. The standard InChI is InChI=1S/C21H17F5N7O6P/c22-12-4-2-1-3-11(12)9-33-16(14-5-6-38-32-14)7-15(31-33)18-28-8-13(23)17(30-18)29-10-20(19(27)34,21(24,25)26)39-40(35,36)37/h1-8H,9-10H2,(H2,27,34)(H,28,29,30)(H2,35,36,37). The maximum absolute atomic E-state index is 14.5. The van der Waals surface area contributed by atoms with Crippen molar-refractivity contribution in [2.75, 3.05) is 11.9 Å². The molecule has 0 aliphatic carbocycles. The summed E-state index contributed by atoms with van der Waals surface area (Å²) in [5, 5.41) is 9.93. The number of carbonyl (C=O) groups excluding carboxylic acids is 1. The number of halogens is 5. The van der Waals surface area contributed by atoms with Crippen LogP contribution in [-0.2, 0) is 20.4 Å². The number of nitrogens with one attached hydrogen (secondary N) is 1. The average Bonchev–Trinajstić information content (AvgIpc) is 3.52. The van der Waals surface area contributed by atoms with Gasteiger partial charge in [-0.1, -0.05) is 23.4 Å². The minimum atomic E-state index is -5.93. The molecule has 0 fully saturated rings. The fraction of sp³-hybridized carbons (Fsp3) is 0.190. The summed E-state index contributed by atoms with van der Waals surface area (Å²) in [5.41, 5.74) is 1.26. The van der Waals surface area contributed by atoms with Crippen LogP contribution in [0.4, 0.5) is 27.8 Å². The van der Waals surface area contributed by atoms with Crippen LogP contribution in [0, 0.1) is 11.6 Å². The normalized spacial score (nSPS) is 13.7. The van der Waals surface area contributed by atoms with Gasteiger partial charge in [-0.3, -0.25) is 14.0 Å². The number of nitrogens with two attached hydrogens (primary N) is 1. The van der Waals surface area contributed by atoms with Crippen molar-refractivity contribution in [1.29, 1.82) is 0 Å². The first kappa shape index (κ1) is 28.8. The fourth-order valence-corrected chi connectivity index (χ4v) is 4.13. The Morgan fingerprint density at radius 3 is 2.48 bits per heavy atom. The van der Waals surface area contributed by atoms with Crippen molar-refractivity contribution >= 4 is 19.5 Å². The number of primary amides is 1. The zero-order valence-electron chi connectivity index (χ0n) is 19.7. The molecule has 0 spiro atoms. The number of phosphoric ester groups is 1. The van der Waals surface area contributed by atoms with E-state index in [2.05, 4.69) is 24.7 Å². The van der Waals surface area contributed by atoms with Gasteiger partial charge >= 0.3 is 14.0 Å². The van der Waals surface area contributed by atoms with Crippen molar-refractivity contribution in [3.8, 4) is 22.9 Å². The highest BCUT2D eigenvalue weighted by atomic mass is 31.2. The maximum atomic E-state index is 14.5. The van der Waals surface area contributed by atoms with E-state index in [0.717, 1.165) is 0 Å². The van der Waals surface area contributed by atoms with Gasteiger partial charge in [0, 0.05) is 11.6 Å². The minimum Gasteiger partial charge on any atom is -0.367 e. The van der Waals surface area contributed by atoms with Crippen molar-refractivity contribution in [3.63, 3.8) is 0 Å². The van der Waals surface area contributed by atoms with E-state index in [-0.39, 0.29) is 35.0 Å². The third-order valence-corrected chi connectivity index (χ3v) is 5.92. The fourth-order valence-electron chi connectivity index (χ4n) is 3.47. The highest BCUT2D eigenvalue weighted by molar-refractivity contribution is 7.46. The lowest BCUT2D eigenvalue weighted by atomic mass is 10.0. The van der Waals surface area contributed by atoms with Crippen LogP contribution in [0.2, 0.25) is 0 Å². The van der Waals surface area contributed by atoms with Gasteiger partial charge in [0.1, 0.15) is 23.5 Å². The third-order valence-electron chi connectivity index (χ3n) is 5.37. The first-order chi connectivity index (χ1) is 18.7. The Balaban J connectivity index is 1.71. The van der Waals surface area contributed by atoms with E-state index in [1.54, 1.807) is 6.07 Å². The molecule has 4 aromatic rings. The molecule has 1 atom stereocenters. The summed E-state index contributed by atoms with van der Waals surface area (Å²) in [5.74, 6) is -5.40. The van der Waals surface area contributed by atoms with E-state index in [1.807, 2.05) is 5.32 Å². The Kier molecular flexibility index (Phi) is 7.71. The SMILES string of the molecule is NC(=O)C(CNc1nc(-c2cc(-c3ccon3)n(Cc3ccccc3F)n2)ncc1F)(OP(=O)(O)O)C(F)(F)F. The monoisotopic (exact) mass is 589 g/mol. The Morgan fingerprint density at radius 1 is 1.15 bits per heavy atom. The maximum Gasteiger partial charge on any atom is 0.471 e. The number of amides is 1. The molecule has 19 heteroatoms. The molecule has 13 nitrogen and oxygen atoms in total. The third kappa shape index (κ3) is 5.99.